The van der Waals surface area contributed by atoms with Crippen LogP contribution in [-0.4, -0.2) is 52.7 Å². The summed E-state index contributed by atoms with van der Waals surface area (Å²) in [5.41, 5.74) is 6.03. The van der Waals surface area contributed by atoms with Crippen LogP contribution in [0.2, 0.25) is 10.3 Å². The summed E-state index contributed by atoms with van der Waals surface area (Å²) in [5.74, 6) is -1.29. The number of halogens is 2. The lowest BCUT2D eigenvalue weighted by atomic mass is 9.86. The summed E-state index contributed by atoms with van der Waals surface area (Å²) in [6, 6.07) is 0. The molecule has 0 aromatic carbocycles. The van der Waals surface area contributed by atoms with Crippen LogP contribution in [0.3, 0.4) is 0 Å². The van der Waals surface area contributed by atoms with Gasteiger partial charge in [0.2, 0.25) is 0 Å². The van der Waals surface area contributed by atoms with Crippen LogP contribution in [0.4, 0.5) is 0 Å². The van der Waals surface area contributed by atoms with E-state index in [1.54, 1.807) is 0 Å². The topological polar surface area (TPSA) is 125 Å². The van der Waals surface area contributed by atoms with Gasteiger partial charge in [-0.15, -0.1) is 0 Å². The van der Waals surface area contributed by atoms with Gasteiger partial charge in [0.15, 0.2) is 0 Å². The van der Waals surface area contributed by atoms with E-state index >= 15 is 0 Å². The second-order valence-electron chi connectivity index (χ2n) is 9.66. The molecule has 2 atom stereocenters. The van der Waals surface area contributed by atoms with E-state index in [-0.39, 0.29) is 17.8 Å². The molecule has 6 rings (SSSR count). The highest BCUT2D eigenvalue weighted by Crippen LogP contribution is 2.37. The number of hydrogen-bond acceptors (Lipinski definition) is 7. The Kier molecular flexibility index (Phi) is 7.28. The van der Waals surface area contributed by atoms with Crippen LogP contribution in [-0.2, 0) is 54.1 Å². The van der Waals surface area contributed by atoms with E-state index < -0.39 is 5.97 Å². The van der Waals surface area contributed by atoms with Crippen molar-refractivity contribution in [3.8, 4) is 0 Å². The van der Waals surface area contributed by atoms with E-state index in [2.05, 4.69) is 24.5 Å². The Balaban J connectivity index is 0.000000156. The molecule has 0 amide bonds. The van der Waals surface area contributed by atoms with E-state index in [0.717, 1.165) is 58.2 Å². The number of esters is 1. The van der Waals surface area contributed by atoms with Gasteiger partial charge in [0.1, 0.15) is 34.3 Å². The smallest absolute Gasteiger partial charge is 0.309 e. The molecule has 0 radical (unpaired) electrons. The standard InChI is InChI=1S/C14H16ClN3O2.C12H12ClN3O2/c1-3-20-14(19)8-4-5-10-9(6-8)11-12(15)16-7-17-13(11)18(10)2;1-16-8-3-2-6(12(17)18)4-7(8)9-10(13)14-5-15-11(9)16/h7-8H,3-6H2,1-2H3;5-6H,2-4H2,1H3,(H,17,18). The SMILES string of the molecule is CCOC(=O)C1CCc2c(c3c(Cl)ncnc3n2C)C1.Cn1c2c(c3c(Cl)ncnc31)CC(C(=O)O)CC2. The minimum Gasteiger partial charge on any atom is -0.481 e. The molecule has 0 fully saturated rings. The Morgan fingerprint density at radius 3 is 1.84 bits per heavy atom. The van der Waals surface area contributed by atoms with Gasteiger partial charge in [-0.05, 0) is 56.6 Å². The second kappa shape index (κ2) is 10.5. The number of hydrogen-bond donors (Lipinski definition) is 1. The third kappa shape index (κ3) is 4.49. The fourth-order valence-electron chi connectivity index (χ4n) is 5.76. The number of ether oxygens (including phenoxy) is 1. The zero-order valence-electron chi connectivity index (χ0n) is 21.4. The lowest BCUT2D eigenvalue weighted by molar-refractivity contribution is -0.148. The Morgan fingerprint density at radius 2 is 1.37 bits per heavy atom. The summed E-state index contributed by atoms with van der Waals surface area (Å²) < 4.78 is 9.19. The Morgan fingerprint density at radius 1 is 0.895 bits per heavy atom. The van der Waals surface area contributed by atoms with Crippen molar-refractivity contribution in [2.45, 2.75) is 45.4 Å². The molecule has 4 heterocycles. The molecule has 10 nitrogen and oxygen atoms in total. The second-order valence-corrected chi connectivity index (χ2v) is 10.4. The summed E-state index contributed by atoms with van der Waals surface area (Å²) in [6.45, 7) is 2.25. The molecule has 0 saturated carbocycles. The first kappa shape index (κ1) is 26.4. The number of nitrogens with zero attached hydrogens (tertiary/aromatic N) is 6. The Bertz CT molecular complexity index is 1560. The summed E-state index contributed by atoms with van der Waals surface area (Å²) in [7, 11) is 3.92. The minimum absolute atomic E-state index is 0.0932. The summed E-state index contributed by atoms with van der Waals surface area (Å²) in [6.07, 6.45) is 7.12. The molecular weight excluding hydrogens is 531 g/mol. The molecule has 2 unspecified atom stereocenters. The number of aryl methyl sites for hydroxylation is 2. The van der Waals surface area contributed by atoms with Gasteiger partial charge in [0.25, 0.3) is 0 Å². The fraction of sp³-hybridized carbons (Fsp3) is 0.462. The highest BCUT2D eigenvalue weighted by atomic mass is 35.5. The molecule has 38 heavy (non-hydrogen) atoms. The predicted molar refractivity (Wildman–Crippen MR) is 142 cm³/mol. The molecule has 0 aliphatic heterocycles. The van der Waals surface area contributed by atoms with Gasteiger partial charge in [0, 0.05) is 25.5 Å². The summed E-state index contributed by atoms with van der Waals surface area (Å²) >= 11 is 12.3. The van der Waals surface area contributed by atoms with Crippen LogP contribution < -0.4 is 0 Å². The Labute approximate surface area is 229 Å². The van der Waals surface area contributed by atoms with Crippen molar-refractivity contribution in [1.29, 1.82) is 0 Å². The van der Waals surface area contributed by atoms with Crippen LogP contribution in [0.15, 0.2) is 12.7 Å². The molecule has 0 saturated heterocycles. The van der Waals surface area contributed by atoms with E-state index in [4.69, 9.17) is 33.0 Å². The van der Waals surface area contributed by atoms with Crippen molar-refractivity contribution >= 4 is 57.2 Å². The van der Waals surface area contributed by atoms with Gasteiger partial charge in [-0.25, -0.2) is 19.9 Å². The summed E-state index contributed by atoms with van der Waals surface area (Å²) in [5, 5.41) is 11.7. The maximum atomic E-state index is 11.9. The van der Waals surface area contributed by atoms with Crippen LogP contribution in [0.5, 0.6) is 0 Å². The fourth-order valence-corrected chi connectivity index (χ4v) is 6.24. The van der Waals surface area contributed by atoms with E-state index in [1.165, 1.54) is 18.3 Å². The van der Waals surface area contributed by atoms with Gasteiger partial charge < -0.3 is 19.0 Å². The van der Waals surface area contributed by atoms with Gasteiger partial charge in [-0.1, -0.05) is 23.2 Å². The molecule has 4 aromatic heterocycles. The summed E-state index contributed by atoms with van der Waals surface area (Å²) in [4.78, 5) is 39.7. The first-order valence-corrected chi connectivity index (χ1v) is 13.3. The Hall–Kier alpha value is -3.24. The van der Waals surface area contributed by atoms with E-state index in [1.807, 2.05) is 25.6 Å². The van der Waals surface area contributed by atoms with Gasteiger partial charge in [-0.3, -0.25) is 9.59 Å². The molecule has 200 valence electrons. The molecule has 4 aromatic rings. The molecule has 0 bridgehead atoms. The van der Waals surface area contributed by atoms with Gasteiger partial charge in [0.05, 0.1) is 29.2 Å². The lowest BCUT2D eigenvalue weighted by Crippen LogP contribution is -2.25. The first-order valence-electron chi connectivity index (χ1n) is 12.6. The maximum Gasteiger partial charge on any atom is 0.309 e. The van der Waals surface area contributed by atoms with Crippen molar-refractivity contribution in [2.24, 2.45) is 25.9 Å². The molecule has 1 N–H and O–H groups in total. The molecule has 12 heteroatoms. The normalized spacial score (nSPS) is 18.4. The average molecular weight is 559 g/mol. The number of carbonyl (C=O) groups is 2. The molecule has 2 aliphatic rings. The van der Waals surface area contributed by atoms with Crippen LogP contribution in [0, 0.1) is 11.8 Å². The van der Waals surface area contributed by atoms with Crippen molar-refractivity contribution in [3.05, 3.63) is 45.5 Å². The van der Waals surface area contributed by atoms with Crippen molar-refractivity contribution < 1.29 is 19.4 Å². The number of fused-ring (bicyclic) bond motifs is 6. The molecular formula is C26H28Cl2N6O4. The van der Waals surface area contributed by atoms with Crippen LogP contribution in [0.1, 0.15) is 42.3 Å². The monoisotopic (exact) mass is 558 g/mol. The van der Waals surface area contributed by atoms with E-state index in [9.17, 15) is 9.59 Å². The zero-order valence-corrected chi connectivity index (χ0v) is 22.9. The van der Waals surface area contributed by atoms with Gasteiger partial charge in [-0.2, -0.15) is 0 Å². The van der Waals surface area contributed by atoms with Crippen LogP contribution >= 0.6 is 23.2 Å². The van der Waals surface area contributed by atoms with E-state index in [0.29, 0.717) is 36.2 Å². The molecule has 0 spiro atoms. The molecule has 2 aliphatic carbocycles. The largest absolute Gasteiger partial charge is 0.481 e. The first-order chi connectivity index (χ1) is 18.2. The highest BCUT2D eigenvalue weighted by Gasteiger charge is 2.31. The van der Waals surface area contributed by atoms with Crippen molar-refractivity contribution in [3.63, 3.8) is 0 Å². The lowest BCUT2D eigenvalue weighted by Gasteiger charge is -2.21. The number of carbonyl (C=O) groups excluding carboxylic acids is 1. The number of aliphatic carboxylic acids is 1. The third-order valence-electron chi connectivity index (χ3n) is 7.64. The van der Waals surface area contributed by atoms with Crippen molar-refractivity contribution in [2.75, 3.05) is 6.61 Å². The van der Waals surface area contributed by atoms with Crippen molar-refractivity contribution in [1.82, 2.24) is 29.1 Å². The number of rotatable bonds is 3. The average Bonchev–Trinajstić information content (AvgIpc) is 3.37. The quantitative estimate of drug-likeness (QED) is 0.294. The number of carboxylic acids is 1. The maximum absolute atomic E-state index is 11.9. The third-order valence-corrected chi connectivity index (χ3v) is 8.21. The number of aromatic nitrogens is 6. The highest BCUT2D eigenvalue weighted by molar-refractivity contribution is 6.34. The predicted octanol–water partition coefficient (Wildman–Crippen LogP) is 4.10. The zero-order chi connectivity index (χ0) is 27.1. The number of carboxylic acid groups (broad SMARTS) is 1. The van der Waals surface area contributed by atoms with Gasteiger partial charge >= 0.3 is 11.9 Å². The minimum atomic E-state index is -0.745. The van der Waals surface area contributed by atoms with Crippen LogP contribution in [0.25, 0.3) is 22.1 Å².